The van der Waals surface area contributed by atoms with Crippen molar-refractivity contribution in [3.8, 4) is 0 Å². The smallest absolute Gasteiger partial charge is 1.00 e. The second-order valence-electron chi connectivity index (χ2n) is 6.97. The van der Waals surface area contributed by atoms with E-state index in [1.54, 1.807) is 0 Å². The monoisotopic (exact) mass is 416 g/mol. The molecule has 0 N–H and O–H groups in total. The molecular weight excluding hydrogens is 392 g/mol. The van der Waals surface area contributed by atoms with Gasteiger partial charge in [0.05, 0.1) is 0 Å². The van der Waals surface area contributed by atoms with E-state index in [0.29, 0.717) is 5.92 Å². The zero-order valence-electron chi connectivity index (χ0n) is 12.2. The van der Waals surface area contributed by atoms with Gasteiger partial charge in [-0.3, -0.25) is 0 Å². The van der Waals surface area contributed by atoms with Crippen molar-refractivity contribution in [2.45, 2.75) is 69.8 Å². The van der Waals surface area contributed by atoms with Crippen LogP contribution in [0.4, 0.5) is 0 Å². The molecule has 1 heterocycles. The van der Waals surface area contributed by atoms with Gasteiger partial charge in [-0.15, -0.1) is 0 Å². The summed E-state index contributed by atoms with van der Waals surface area (Å²) in [6.07, 6.45) is 5.41. The van der Waals surface area contributed by atoms with Crippen molar-refractivity contribution in [2.75, 3.05) is 6.61 Å². The van der Waals surface area contributed by atoms with Crippen molar-refractivity contribution >= 4 is 0 Å². The third kappa shape index (κ3) is 3.68. The zero-order valence-corrected chi connectivity index (χ0v) is 17.3. The maximum Gasteiger partial charge on any atom is -1.00 e. The summed E-state index contributed by atoms with van der Waals surface area (Å²) in [5, 5.41) is 0. The van der Waals surface area contributed by atoms with E-state index in [9.17, 15) is 0 Å². The molecule has 2 aliphatic rings. The molecule has 0 radical (unpaired) electrons. The van der Waals surface area contributed by atoms with E-state index >= 15 is 0 Å². The molecular formula is C14H25IO2Zn. The molecule has 0 amide bonds. The largest absolute Gasteiger partial charge is 1.00 e. The number of halogens is 1. The summed E-state index contributed by atoms with van der Waals surface area (Å²) in [6.45, 7) is 9.71. The van der Waals surface area contributed by atoms with Crippen molar-refractivity contribution in [1.82, 2.24) is 0 Å². The molecule has 2 fully saturated rings. The second-order valence-corrected chi connectivity index (χ2v) is 9.39. The third-order valence-corrected chi connectivity index (χ3v) is 6.64. The van der Waals surface area contributed by atoms with Gasteiger partial charge in [-0.1, -0.05) is 0 Å². The van der Waals surface area contributed by atoms with Crippen LogP contribution in [0, 0.1) is 11.3 Å². The van der Waals surface area contributed by atoms with Crippen LogP contribution in [-0.2, 0) is 27.8 Å². The van der Waals surface area contributed by atoms with Crippen molar-refractivity contribution in [3.05, 3.63) is 0 Å². The van der Waals surface area contributed by atoms with E-state index in [4.69, 9.17) is 9.47 Å². The summed E-state index contributed by atoms with van der Waals surface area (Å²) >= 11 is 1.46. The molecule has 0 bridgehead atoms. The molecule has 0 aromatic heterocycles. The first-order chi connectivity index (χ1) is 7.82. The van der Waals surface area contributed by atoms with Crippen LogP contribution in [0.15, 0.2) is 0 Å². The fourth-order valence-electron chi connectivity index (χ4n) is 2.64. The quantitative estimate of drug-likeness (QED) is 0.462. The third-order valence-electron chi connectivity index (χ3n) is 4.93. The topological polar surface area (TPSA) is 18.5 Å². The Morgan fingerprint density at radius 1 is 1.00 bits per heavy atom. The predicted octanol–water partition coefficient (Wildman–Crippen LogP) is 0.694. The Hall–Kier alpha value is 1.27. The molecule has 0 spiro atoms. The Kier molecular flexibility index (Phi) is 6.12. The summed E-state index contributed by atoms with van der Waals surface area (Å²) in [7, 11) is 0. The molecule has 1 unspecified atom stereocenters. The standard InChI is InChI=1S/C14H25O2.HI.Zn/c1-13(2)10-15-12(16-14(13,3)4)11-8-6-5-7-9-11;;/h5,11-12H,6-10H2,1-4H3;1H;/q;;+1/p-1. The minimum absolute atomic E-state index is 0. The van der Waals surface area contributed by atoms with Gasteiger partial charge in [0.1, 0.15) is 0 Å². The van der Waals surface area contributed by atoms with Gasteiger partial charge in [-0.25, -0.2) is 0 Å². The predicted molar refractivity (Wildman–Crippen MR) is 64.4 cm³/mol. The van der Waals surface area contributed by atoms with Crippen LogP contribution in [0.1, 0.15) is 53.4 Å². The molecule has 0 aromatic carbocycles. The minimum Gasteiger partial charge on any atom is -1.00 e. The molecule has 1 saturated heterocycles. The first-order valence-electron chi connectivity index (χ1n) is 6.94. The van der Waals surface area contributed by atoms with Crippen LogP contribution in [0.2, 0.25) is 4.51 Å². The number of ether oxygens (including phenoxy) is 2. The van der Waals surface area contributed by atoms with Crippen LogP contribution in [0.25, 0.3) is 0 Å². The first kappa shape index (κ1) is 17.3. The van der Waals surface area contributed by atoms with Crippen molar-refractivity contribution in [3.63, 3.8) is 0 Å². The molecule has 18 heavy (non-hydrogen) atoms. The minimum atomic E-state index is -0.0765. The maximum absolute atomic E-state index is 6.25. The van der Waals surface area contributed by atoms with E-state index < -0.39 is 0 Å². The summed E-state index contributed by atoms with van der Waals surface area (Å²) in [6, 6.07) is 0. The summed E-state index contributed by atoms with van der Waals surface area (Å²) in [5.41, 5.74) is 0.0323. The van der Waals surface area contributed by atoms with Gasteiger partial charge in [0.25, 0.3) is 0 Å². The van der Waals surface area contributed by atoms with Crippen LogP contribution in [0.5, 0.6) is 0 Å². The normalized spacial score (nSPS) is 38.9. The molecule has 4 heteroatoms. The Balaban J connectivity index is 0.00000162. The van der Waals surface area contributed by atoms with Gasteiger partial charge < -0.3 is 24.0 Å². The average molecular weight is 418 g/mol. The fraction of sp³-hybridized carbons (Fsp3) is 1.00. The first-order valence-corrected chi connectivity index (χ1v) is 8.66. The van der Waals surface area contributed by atoms with E-state index in [2.05, 4.69) is 27.7 Å². The molecule has 2 nitrogen and oxygen atoms in total. The number of hydrogen-bond donors (Lipinski definition) is 0. The molecule has 2 rings (SSSR count). The van der Waals surface area contributed by atoms with Gasteiger partial charge in [0.15, 0.2) is 0 Å². The zero-order chi connectivity index (χ0) is 12.7. The molecule has 1 atom stereocenters. The molecule has 1 saturated carbocycles. The van der Waals surface area contributed by atoms with Crippen molar-refractivity contribution in [2.24, 2.45) is 11.3 Å². The maximum atomic E-state index is 6.25. The van der Waals surface area contributed by atoms with Crippen LogP contribution in [0.3, 0.4) is 0 Å². The Labute approximate surface area is 139 Å². The average Bonchev–Trinajstić information content (AvgIpc) is 2.23. The molecule has 102 valence electrons. The Morgan fingerprint density at radius 2 is 1.56 bits per heavy atom. The Bertz CT molecular complexity index is 273. The summed E-state index contributed by atoms with van der Waals surface area (Å²) in [5.74, 6) is 0.633. The van der Waals surface area contributed by atoms with Gasteiger partial charge >= 0.3 is 115 Å². The SMILES string of the molecule is CC1(C)COC(C2CC[CH]([Zn+])CC2)OC1(C)C.[I-]. The van der Waals surface area contributed by atoms with Gasteiger partial charge in [0.2, 0.25) is 0 Å². The van der Waals surface area contributed by atoms with Gasteiger partial charge in [-0.05, 0) is 0 Å². The van der Waals surface area contributed by atoms with Gasteiger partial charge in [0, 0.05) is 0 Å². The van der Waals surface area contributed by atoms with E-state index in [1.165, 1.54) is 44.0 Å². The van der Waals surface area contributed by atoms with E-state index in [0.717, 1.165) is 11.1 Å². The summed E-state index contributed by atoms with van der Waals surface area (Å²) in [4.78, 5) is 0. The van der Waals surface area contributed by atoms with Crippen molar-refractivity contribution < 1.29 is 51.8 Å². The number of hydrogen-bond acceptors (Lipinski definition) is 2. The van der Waals surface area contributed by atoms with Gasteiger partial charge in [-0.2, -0.15) is 0 Å². The second kappa shape index (κ2) is 6.36. The van der Waals surface area contributed by atoms with E-state index in [-0.39, 0.29) is 41.3 Å². The van der Waals surface area contributed by atoms with Crippen LogP contribution in [-0.4, -0.2) is 18.5 Å². The van der Waals surface area contributed by atoms with E-state index in [1.807, 2.05) is 0 Å². The van der Waals surface area contributed by atoms with Crippen LogP contribution < -0.4 is 24.0 Å². The molecule has 1 aliphatic heterocycles. The Morgan fingerprint density at radius 3 is 2.06 bits per heavy atom. The molecule has 1 aliphatic carbocycles. The fourth-order valence-corrected chi connectivity index (χ4v) is 3.63. The van der Waals surface area contributed by atoms with Crippen molar-refractivity contribution in [1.29, 1.82) is 0 Å². The number of rotatable bonds is 1. The van der Waals surface area contributed by atoms with Crippen LogP contribution >= 0.6 is 0 Å². The summed E-state index contributed by atoms with van der Waals surface area (Å²) < 4.78 is 13.3. The molecule has 0 aromatic rings.